The highest BCUT2D eigenvalue weighted by molar-refractivity contribution is 14.1. The monoisotopic (exact) mass is 390 g/mol. The number of ketones is 1. The van der Waals surface area contributed by atoms with Gasteiger partial charge in [-0.2, -0.15) is 0 Å². The maximum absolute atomic E-state index is 13.1. The van der Waals surface area contributed by atoms with Crippen molar-refractivity contribution in [2.45, 2.75) is 13.5 Å². The number of Topliss-reactive ketones (excluding diaryl/α,β-unsaturated/α-hetero) is 1. The minimum Gasteiger partial charge on any atom is -0.292 e. The first-order chi connectivity index (χ1) is 9.40. The fraction of sp³-hybridized carbons (Fsp3) is 0.154. The molecular formula is C13H9F2IN2O2. The fourth-order valence-corrected chi connectivity index (χ4v) is 2.02. The number of aromatic nitrogens is 2. The summed E-state index contributed by atoms with van der Waals surface area (Å²) in [6, 6.07) is 2.87. The number of hydrogen-bond donors (Lipinski definition) is 0. The Labute approximate surface area is 126 Å². The van der Waals surface area contributed by atoms with E-state index in [-0.39, 0.29) is 17.7 Å². The van der Waals surface area contributed by atoms with Crippen molar-refractivity contribution in [3.8, 4) is 0 Å². The number of halogens is 3. The van der Waals surface area contributed by atoms with Gasteiger partial charge in [-0.1, -0.05) is 0 Å². The van der Waals surface area contributed by atoms with Crippen molar-refractivity contribution in [1.29, 1.82) is 0 Å². The zero-order valence-electron chi connectivity index (χ0n) is 10.4. The molecule has 0 saturated heterocycles. The Morgan fingerprint density at radius 2 is 2.05 bits per heavy atom. The molecule has 0 unspecified atom stereocenters. The Hall–Kier alpha value is -1.64. The zero-order chi connectivity index (χ0) is 14.9. The maximum atomic E-state index is 13.1. The molecule has 0 atom stereocenters. The molecule has 0 aliphatic rings. The normalized spacial score (nSPS) is 10.6. The van der Waals surface area contributed by atoms with E-state index in [1.165, 1.54) is 12.4 Å². The third-order valence-electron chi connectivity index (χ3n) is 2.71. The summed E-state index contributed by atoms with van der Waals surface area (Å²) in [7, 11) is 0. The molecule has 2 rings (SSSR count). The number of carbonyl (C=O) groups excluding carboxylic acids is 1. The Balaban J connectivity index is 2.30. The summed E-state index contributed by atoms with van der Waals surface area (Å²) in [4.78, 5) is 27.8. The second kappa shape index (κ2) is 5.78. The van der Waals surface area contributed by atoms with Gasteiger partial charge in [0, 0.05) is 5.56 Å². The number of aryl methyl sites for hydroxylation is 1. The Kier molecular flexibility index (Phi) is 4.26. The van der Waals surface area contributed by atoms with Crippen LogP contribution >= 0.6 is 22.6 Å². The molecule has 0 amide bonds. The minimum atomic E-state index is -1.10. The standard InChI is InChI=1S/C13H9F2IN2O2/c1-7-12(16)13(20)18(6-17-7)5-11(19)8-2-3-9(14)10(15)4-8/h2-4,6H,5H2,1H3. The van der Waals surface area contributed by atoms with E-state index in [9.17, 15) is 18.4 Å². The molecule has 0 aliphatic carbocycles. The number of benzene rings is 1. The topological polar surface area (TPSA) is 52.0 Å². The van der Waals surface area contributed by atoms with E-state index >= 15 is 0 Å². The smallest absolute Gasteiger partial charge is 0.267 e. The van der Waals surface area contributed by atoms with Gasteiger partial charge in [0.2, 0.25) is 0 Å². The summed E-state index contributed by atoms with van der Waals surface area (Å²) in [6.07, 6.45) is 1.26. The van der Waals surface area contributed by atoms with Gasteiger partial charge in [-0.15, -0.1) is 0 Å². The molecule has 20 heavy (non-hydrogen) atoms. The van der Waals surface area contributed by atoms with Crippen molar-refractivity contribution in [1.82, 2.24) is 9.55 Å². The van der Waals surface area contributed by atoms with Crippen LogP contribution in [0, 0.1) is 22.1 Å². The van der Waals surface area contributed by atoms with Gasteiger partial charge < -0.3 is 0 Å². The maximum Gasteiger partial charge on any atom is 0.267 e. The molecule has 0 N–H and O–H groups in total. The van der Waals surface area contributed by atoms with Gasteiger partial charge in [-0.25, -0.2) is 13.8 Å². The molecule has 1 aromatic carbocycles. The lowest BCUT2D eigenvalue weighted by Crippen LogP contribution is -2.27. The van der Waals surface area contributed by atoms with Crippen LogP contribution in [0.1, 0.15) is 16.1 Å². The van der Waals surface area contributed by atoms with Gasteiger partial charge in [0.05, 0.1) is 22.1 Å². The van der Waals surface area contributed by atoms with E-state index in [1.54, 1.807) is 6.92 Å². The molecule has 4 nitrogen and oxygen atoms in total. The third kappa shape index (κ3) is 2.92. The van der Waals surface area contributed by atoms with Crippen molar-refractivity contribution >= 4 is 28.4 Å². The molecule has 0 aliphatic heterocycles. The van der Waals surface area contributed by atoms with Crippen molar-refractivity contribution in [3.05, 3.63) is 61.3 Å². The molecule has 0 fully saturated rings. The third-order valence-corrected chi connectivity index (χ3v) is 3.95. The van der Waals surface area contributed by atoms with Crippen LogP contribution in [-0.2, 0) is 6.54 Å². The average Bonchev–Trinajstić information content (AvgIpc) is 2.42. The number of hydrogen-bond acceptors (Lipinski definition) is 3. The number of carbonyl (C=O) groups is 1. The molecule has 0 saturated carbocycles. The highest BCUT2D eigenvalue weighted by Gasteiger charge is 2.13. The zero-order valence-corrected chi connectivity index (χ0v) is 12.5. The van der Waals surface area contributed by atoms with Crippen LogP contribution in [0.15, 0.2) is 29.3 Å². The Morgan fingerprint density at radius 1 is 1.35 bits per heavy atom. The van der Waals surface area contributed by atoms with Gasteiger partial charge in [-0.05, 0) is 47.7 Å². The van der Waals surface area contributed by atoms with Crippen molar-refractivity contribution in [2.75, 3.05) is 0 Å². The molecule has 7 heteroatoms. The highest BCUT2D eigenvalue weighted by atomic mass is 127. The minimum absolute atomic E-state index is 0.00591. The van der Waals surface area contributed by atoms with Crippen molar-refractivity contribution in [2.24, 2.45) is 0 Å². The predicted octanol–water partition coefficient (Wildman–Crippen LogP) is 2.32. The quantitative estimate of drug-likeness (QED) is 0.597. The molecule has 2 aromatic rings. The first-order valence-electron chi connectivity index (χ1n) is 5.60. The molecular weight excluding hydrogens is 381 g/mol. The van der Waals surface area contributed by atoms with Crippen LogP contribution in [0.3, 0.4) is 0 Å². The largest absolute Gasteiger partial charge is 0.292 e. The first kappa shape index (κ1) is 14.8. The summed E-state index contributed by atoms with van der Waals surface area (Å²) in [5.74, 6) is -2.61. The summed E-state index contributed by atoms with van der Waals surface area (Å²) in [5, 5.41) is 0. The fourth-order valence-electron chi connectivity index (χ4n) is 1.57. The predicted molar refractivity (Wildman–Crippen MR) is 76.6 cm³/mol. The second-order valence-corrected chi connectivity index (χ2v) is 5.21. The van der Waals surface area contributed by atoms with E-state index in [2.05, 4.69) is 4.98 Å². The molecule has 1 heterocycles. The van der Waals surface area contributed by atoms with E-state index in [0.717, 1.165) is 16.7 Å². The average molecular weight is 390 g/mol. The Bertz CT molecular complexity index is 744. The van der Waals surface area contributed by atoms with Crippen LogP contribution in [0.25, 0.3) is 0 Å². The van der Waals surface area contributed by atoms with Crippen LogP contribution in [0.5, 0.6) is 0 Å². The van der Waals surface area contributed by atoms with E-state index in [0.29, 0.717) is 9.26 Å². The summed E-state index contributed by atoms with van der Waals surface area (Å²) >= 11 is 1.85. The van der Waals surface area contributed by atoms with Crippen molar-refractivity contribution in [3.63, 3.8) is 0 Å². The Morgan fingerprint density at radius 3 is 2.70 bits per heavy atom. The van der Waals surface area contributed by atoms with Crippen molar-refractivity contribution < 1.29 is 13.6 Å². The molecule has 0 radical (unpaired) electrons. The molecule has 104 valence electrons. The van der Waals surface area contributed by atoms with Gasteiger partial charge in [0.15, 0.2) is 17.4 Å². The lowest BCUT2D eigenvalue weighted by atomic mass is 10.1. The van der Waals surface area contributed by atoms with E-state index < -0.39 is 17.4 Å². The summed E-state index contributed by atoms with van der Waals surface area (Å²) < 4.78 is 27.4. The first-order valence-corrected chi connectivity index (χ1v) is 6.68. The highest BCUT2D eigenvalue weighted by Crippen LogP contribution is 2.10. The van der Waals surface area contributed by atoms with Crippen LogP contribution in [0.2, 0.25) is 0 Å². The lowest BCUT2D eigenvalue weighted by Gasteiger charge is -2.06. The van der Waals surface area contributed by atoms with Gasteiger partial charge in [0.1, 0.15) is 0 Å². The van der Waals surface area contributed by atoms with Gasteiger partial charge in [-0.3, -0.25) is 14.2 Å². The van der Waals surface area contributed by atoms with Gasteiger partial charge in [0.25, 0.3) is 5.56 Å². The lowest BCUT2D eigenvalue weighted by molar-refractivity contribution is 0.0969. The van der Waals surface area contributed by atoms with E-state index in [4.69, 9.17) is 0 Å². The SMILES string of the molecule is Cc1ncn(CC(=O)c2ccc(F)c(F)c2)c(=O)c1I. The molecule has 0 bridgehead atoms. The van der Waals surface area contributed by atoms with Crippen LogP contribution < -0.4 is 5.56 Å². The number of rotatable bonds is 3. The summed E-state index contributed by atoms with van der Waals surface area (Å²) in [5.41, 5.74) is 0.243. The molecule has 0 spiro atoms. The number of nitrogens with zero attached hydrogens (tertiary/aromatic N) is 2. The van der Waals surface area contributed by atoms with Crippen LogP contribution in [0.4, 0.5) is 8.78 Å². The van der Waals surface area contributed by atoms with Crippen LogP contribution in [-0.4, -0.2) is 15.3 Å². The summed E-state index contributed by atoms with van der Waals surface area (Å²) in [6.45, 7) is 1.41. The van der Waals surface area contributed by atoms with E-state index in [1.807, 2.05) is 22.6 Å². The second-order valence-electron chi connectivity index (χ2n) is 4.13. The molecule has 1 aromatic heterocycles. The van der Waals surface area contributed by atoms with Gasteiger partial charge >= 0.3 is 0 Å².